The molecule has 334 valence electrons. The maximum Gasteiger partial charge on any atom is 0.328 e. The number of carbonyl (C=O) groups excluding carboxylic acids is 7. The Morgan fingerprint density at radius 2 is 1.53 bits per heavy atom. The highest BCUT2D eigenvalue weighted by Gasteiger charge is 2.57. The van der Waals surface area contributed by atoms with Crippen LogP contribution in [0.1, 0.15) is 107 Å². The van der Waals surface area contributed by atoms with Crippen molar-refractivity contribution in [3.63, 3.8) is 0 Å². The van der Waals surface area contributed by atoms with Crippen LogP contribution < -0.4 is 21.5 Å². The molecule has 0 aliphatic carbocycles. The zero-order valence-electron chi connectivity index (χ0n) is 35.9. The van der Waals surface area contributed by atoms with Crippen molar-refractivity contribution in [3.05, 3.63) is 0 Å². The number of ether oxygens (including phenoxy) is 2. The summed E-state index contributed by atoms with van der Waals surface area (Å²) in [4.78, 5) is 98.5. The first-order chi connectivity index (χ1) is 27.6. The average Bonchev–Trinajstić information content (AvgIpc) is 3.22. The summed E-state index contributed by atoms with van der Waals surface area (Å²) in [6.45, 7) is 12.7. The molecule has 0 aromatic carbocycles. The summed E-state index contributed by atoms with van der Waals surface area (Å²) >= 11 is 0. The molecule has 4 rings (SSSR count). The van der Waals surface area contributed by atoms with E-state index in [4.69, 9.17) is 9.47 Å². The number of fused-ring (bicyclic) bond motifs is 2. The molecule has 59 heavy (non-hydrogen) atoms. The van der Waals surface area contributed by atoms with Gasteiger partial charge in [0.05, 0.1) is 12.6 Å². The Labute approximate surface area is 345 Å². The Balaban J connectivity index is 1.76. The monoisotopic (exact) mass is 838 g/mol. The Bertz CT molecular complexity index is 1580. The first-order valence-corrected chi connectivity index (χ1v) is 20.9. The van der Waals surface area contributed by atoms with E-state index in [9.17, 15) is 49.0 Å². The third kappa shape index (κ3) is 10.3. The molecule has 0 spiro atoms. The summed E-state index contributed by atoms with van der Waals surface area (Å²) in [5.74, 6) is -9.21. The van der Waals surface area contributed by atoms with E-state index in [0.717, 1.165) is 34.7 Å². The standard InChI is InChI=1S/C39H66N8O12/c1-10-22(4)19-26-15-16-39(56,59-25(26)7)38(8,55)37(54)43-30-31(21(2)3)58-36(53)24(6)44(9)33(50)27-13-11-17-41-45(27)29(48)20-40-32(49)23(5)47(57)34(51)28-14-12-18-42-46(28)35(30)52/h21-28,30-31,41-42,55-57H,10-20H2,1-9H3,(H,40,49)(H,43,54)/t22-,23-,24+,25+,26+,27?,28?,30-,31-,38+,39+/m0/s1. The van der Waals surface area contributed by atoms with Crippen molar-refractivity contribution >= 4 is 41.4 Å². The van der Waals surface area contributed by atoms with Gasteiger partial charge in [-0.2, -0.15) is 0 Å². The second-order valence-corrected chi connectivity index (χ2v) is 17.1. The number of nitrogens with one attached hydrogen (secondary N) is 4. The van der Waals surface area contributed by atoms with Gasteiger partial charge < -0.3 is 35.2 Å². The van der Waals surface area contributed by atoms with Crippen molar-refractivity contribution < 1.29 is 58.5 Å². The number of aliphatic hydroxyl groups is 2. The topological polar surface area (TPSA) is 260 Å². The van der Waals surface area contributed by atoms with Gasteiger partial charge >= 0.3 is 5.97 Å². The van der Waals surface area contributed by atoms with E-state index in [2.05, 4.69) is 35.3 Å². The number of esters is 1. The molecule has 4 aliphatic rings. The van der Waals surface area contributed by atoms with Gasteiger partial charge in [-0.1, -0.05) is 34.1 Å². The lowest BCUT2D eigenvalue weighted by Gasteiger charge is -2.47. The van der Waals surface area contributed by atoms with E-state index in [1.807, 2.05) is 0 Å². The van der Waals surface area contributed by atoms with E-state index in [1.54, 1.807) is 20.8 Å². The number of hydrogen-bond acceptors (Lipinski definition) is 14. The predicted octanol–water partition coefficient (Wildman–Crippen LogP) is -0.696. The van der Waals surface area contributed by atoms with E-state index in [0.29, 0.717) is 31.7 Å². The molecule has 0 radical (unpaired) electrons. The highest BCUT2D eigenvalue weighted by Crippen LogP contribution is 2.40. The molecule has 4 saturated heterocycles. The van der Waals surface area contributed by atoms with Crippen LogP contribution in [-0.2, 0) is 43.0 Å². The number of rotatable bonds is 7. The molecule has 20 heteroatoms. The Kier molecular flexibility index (Phi) is 15.9. The lowest BCUT2D eigenvalue weighted by atomic mass is 9.79. The van der Waals surface area contributed by atoms with Crippen LogP contribution in [0, 0.1) is 17.8 Å². The van der Waals surface area contributed by atoms with Gasteiger partial charge in [0.15, 0.2) is 5.60 Å². The van der Waals surface area contributed by atoms with Crippen LogP contribution >= 0.6 is 0 Å². The first-order valence-electron chi connectivity index (χ1n) is 20.9. The molecular weight excluding hydrogens is 772 g/mol. The summed E-state index contributed by atoms with van der Waals surface area (Å²) in [5, 5.41) is 41.7. The highest BCUT2D eigenvalue weighted by molar-refractivity contribution is 5.97. The van der Waals surface area contributed by atoms with Crippen molar-refractivity contribution in [2.24, 2.45) is 17.8 Å². The molecule has 0 aromatic rings. The minimum absolute atomic E-state index is 0.00122. The zero-order valence-corrected chi connectivity index (χ0v) is 35.9. The van der Waals surface area contributed by atoms with Crippen LogP contribution in [0.2, 0.25) is 0 Å². The maximum absolute atomic E-state index is 14.8. The molecular formula is C39H66N8O12. The number of hydrogen-bond donors (Lipinski definition) is 7. The van der Waals surface area contributed by atoms with Crippen LogP contribution in [0.3, 0.4) is 0 Å². The largest absolute Gasteiger partial charge is 0.458 e. The van der Waals surface area contributed by atoms with Gasteiger partial charge in [-0.3, -0.25) is 44.0 Å². The van der Waals surface area contributed by atoms with Crippen molar-refractivity contribution in [1.82, 2.24) is 41.5 Å². The molecule has 7 N–H and O–H groups in total. The van der Waals surface area contributed by atoms with Gasteiger partial charge in [-0.05, 0) is 84.0 Å². The summed E-state index contributed by atoms with van der Waals surface area (Å²) in [5.41, 5.74) is 3.04. The molecule has 4 fully saturated rings. The lowest BCUT2D eigenvalue weighted by Crippen LogP contribution is -2.70. The number of hydrazine groups is 2. The number of likely N-dealkylation sites (N-methyl/N-ethyl adjacent to an activating group) is 1. The fraction of sp³-hybridized carbons (Fsp3) is 0.821. The summed E-state index contributed by atoms with van der Waals surface area (Å²) < 4.78 is 12.0. The van der Waals surface area contributed by atoms with Gasteiger partial charge in [0.2, 0.25) is 17.6 Å². The third-order valence-corrected chi connectivity index (χ3v) is 12.5. The fourth-order valence-electron chi connectivity index (χ4n) is 8.01. The first kappa shape index (κ1) is 47.7. The normalized spacial score (nSPS) is 34.1. The van der Waals surface area contributed by atoms with Crippen molar-refractivity contribution in [1.29, 1.82) is 0 Å². The molecule has 0 bridgehead atoms. The highest BCUT2D eigenvalue weighted by atomic mass is 16.6. The minimum Gasteiger partial charge on any atom is -0.458 e. The third-order valence-electron chi connectivity index (χ3n) is 12.5. The fourth-order valence-corrected chi connectivity index (χ4v) is 8.01. The molecule has 2 unspecified atom stereocenters. The molecule has 11 atom stereocenters. The van der Waals surface area contributed by atoms with Crippen LogP contribution in [0.4, 0.5) is 0 Å². The van der Waals surface area contributed by atoms with Gasteiger partial charge in [0.25, 0.3) is 23.6 Å². The number of nitrogens with zero attached hydrogens (tertiary/aromatic N) is 4. The number of amides is 6. The molecule has 20 nitrogen and oxygen atoms in total. The van der Waals surface area contributed by atoms with Gasteiger partial charge in [0.1, 0.15) is 36.3 Å². The summed E-state index contributed by atoms with van der Waals surface area (Å²) in [6, 6.07) is -7.19. The SMILES string of the molecule is CC[C@H](C)C[C@H]1CC[C@](O)([C@](C)(O)C(=O)N[C@@H]2C(=O)N3NCCCC3C(=O)N(O)[C@@H](C)C(=O)NCC(=O)N3NCCCC3C(=O)N(C)[C@H](C)C(=O)O[C@H]2C(C)C)O[C@@H]1C. The van der Waals surface area contributed by atoms with Gasteiger partial charge in [-0.25, -0.2) is 20.7 Å². The van der Waals surface area contributed by atoms with Gasteiger partial charge in [-0.15, -0.1) is 0 Å². The van der Waals surface area contributed by atoms with Crippen LogP contribution in [-0.4, -0.2) is 157 Å². The van der Waals surface area contributed by atoms with E-state index in [-0.39, 0.29) is 36.8 Å². The second-order valence-electron chi connectivity index (χ2n) is 17.1. The Morgan fingerprint density at radius 1 is 0.932 bits per heavy atom. The van der Waals surface area contributed by atoms with Crippen LogP contribution in [0.5, 0.6) is 0 Å². The minimum atomic E-state index is -2.66. The summed E-state index contributed by atoms with van der Waals surface area (Å²) in [7, 11) is 1.35. The second kappa shape index (κ2) is 19.6. The average molecular weight is 839 g/mol. The van der Waals surface area contributed by atoms with E-state index < -0.39 is 108 Å². The molecule has 4 aliphatic heterocycles. The number of cyclic esters (lactones) is 1. The maximum atomic E-state index is 14.8. The smallest absolute Gasteiger partial charge is 0.328 e. The van der Waals surface area contributed by atoms with Crippen LogP contribution in [0.25, 0.3) is 0 Å². The number of hydroxylamine groups is 2. The van der Waals surface area contributed by atoms with Crippen molar-refractivity contribution in [2.45, 2.75) is 161 Å². The zero-order chi connectivity index (χ0) is 44.1. The lowest BCUT2D eigenvalue weighted by molar-refractivity contribution is -0.326. The predicted molar refractivity (Wildman–Crippen MR) is 209 cm³/mol. The van der Waals surface area contributed by atoms with Crippen LogP contribution in [0.15, 0.2) is 0 Å². The van der Waals surface area contributed by atoms with E-state index >= 15 is 0 Å². The molecule has 0 saturated carbocycles. The quantitative estimate of drug-likeness (QED) is 0.124. The van der Waals surface area contributed by atoms with Gasteiger partial charge in [0, 0.05) is 26.6 Å². The Hall–Kier alpha value is -3.95. The molecule has 6 amide bonds. The van der Waals surface area contributed by atoms with Crippen molar-refractivity contribution in [3.8, 4) is 0 Å². The van der Waals surface area contributed by atoms with E-state index in [1.165, 1.54) is 20.9 Å². The molecule has 0 aromatic heterocycles. The number of carbonyl (C=O) groups is 7. The molecule has 4 heterocycles. The summed E-state index contributed by atoms with van der Waals surface area (Å²) in [6.07, 6.45) is 1.10. The van der Waals surface area contributed by atoms with Crippen molar-refractivity contribution in [2.75, 3.05) is 26.7 Å². The Morgan fingerprint density at radius 3 is 2.10 bits per heavy atom.